The highest BCUT2D eigenvalue weighted by Gasteiger charge is 2.26. The standard InChI is InChI=1S/C18H26N4OS/c1-5-21(6-2)18(23)16-15(19)13-9-12-10-22(11(3)4)8-7-14(12)20-17(13)24-16/h9,11H,5-8,10,19H2,1-4H3/p+1. The number of thiophene rings is 1. The first kappa shape index (κ1) is 17.2. The van der Waals surface area contributed by atoms with E-state index in [4.69, 9.17) is 10.7 Å². The van der Waals surface area contributed by atoms with E-state index >= 15 is 0 Å². The summed E-state index contributed by atoms with van der Waals surface area (Å²) in [6.45, 7) is 12.0. The Balaban J connectivity index is 2.02. The smallest absolute Gasteiger partial charge is 0.266 e. The molecular weight excluding hydrogens is 320 g/mol. The third-order valence-corrected chi connectivity index (χ3v) is 6.15. The summed E-state index contributed by atoms with van der Waals surface area (Å²) in [6, 6.07) is 2.78. The summed E-state index contributed by atoms with van der Waals surface area (Å²) in [4.78, 5) is 22.4. The van der Waals surface area contributed by atoms with Gasteiger partial charge in [-0.2, -0.15) is 0 Å². The third kappa shape index (κ3) is 2.89. The van der Waals surface area contributed by atoms with E-state index in [0.29, 0.717) is 29.7 Å². The second-order valence-electron chi connectivity index (χ2n) is 6.76. The van der Waals surface area contributed by atoms with Crippen LogP contribution in [-0.2, 0) is 13.0 Å². The lowest BCUT2D eigenvalue weighted by Crippen LogP contribution is -3.14. The number of hydrogen-bond donors (Lipinski definition) is 2. The number of nitrogen functional groups attached to an aromatic ring is 1. The number of carbonyl (C=O) groups excluding carboxylic acids is 1. The molecule has 1 unspecified atom stereocenters. The van der Waals surface area contributed by atoms with Gasteiger partial charge >= 0.3 is 0 Å². The highest BCUT2D eigenvalue weighted by atomic mass is 32.1. The van der Waals surface area contributed by atoms with Crippen LogP contribution in [0.3, 0.4) is 0 Å². The molecule has 1 aliphatic heterocycles. The van der Waals surface area contributed by atoms with Crippen molar-refractivity contribution in [1.82, 2.24) is 9.88 Å². The van der Waals surface area contributed by atoms with Gasteiger partial charge in [-0.25, -0.2) is 4.98 Å². The second-order valence-corrected chi connectivity index (χ2v) is 7.76. The average molecular weight is 348 g/mol. The highest BCUT2D eigenvalue weighted by molar-refractivity contribution is 7.21. The summed E-state index contributed by atoms with van der Waals surface area (Å²) < 4.78 is 0. The third-order valence-electron chi connectivity index (χ3n) is 5.05. The van der Waals surface area contributed by atoms with E-state index in [0.717, 1.165) is 29.7 Å². The van der Waals surface area contributed by atoms with Crippen LogP contribution in [0.15, 0.2) is 6.07 Å². The molecule has 130 valence electrons. The number of nitrogens with two attached hydrogens (primary N) is 1. The van der Waals surface area contributed by atoms with Gasteiger partial charge in [0.1, 0.15) is 16.3 Å². The van der Waals surface area contributed by atoms with Crippen LogP contribution in [0, 0.1) is 0 Å². The van der Waals surface area contributed by atoms with Gasteiger partial charge in [-0.15, -0.1) is 11.3 Å². The molecule has 0 spiro atoms. The molecule has 1 aliphatic rings. The van der Waals surface area contributed by atoms with E-state index in [2.05, 4.69) is 19.9 Å². The molecule has 0 fully saturated rings. The average Bonchev–Trinajstić information content (AvgIpc) is 2.89. The lowest BCUT2D eigenvalue weighted by Gasteiger charge is -2.28. The van der Waals surface area contributed by atoms with Gasteiger partial charge in [0.25, 0.3) is 5.91 Å². The van der Waals surface area contributed by atoms with Crippen molar-refractivity contribution in [2.45, 2.75) is 46.7 Å². The molecule has 5 nitrogen and oxygen atoms in total. The topological polar surface area (TPSA) is 63.7 Å². The zero-order chi connectivity index (χ0) is 17.4. The van der Waals surface area contributed by atoms with Crippen LogP contribution in [0.5, 0.6) is 0 Å². The first-order valence-electron chi connectivity index (χ1n) is 8.80. The Hall–Kier alpha value is -1.66. The van der Waals surface area contributed by atoms with Gasteiger partial charge in [-0.1, -0.05) is 0 Å². The van der Waals surface area contributed by atoms with E-state index in [1.807, 2.05) is 18.7 Å². The fraction of sp³-hybridized carbons (Fsp3) is 0.556. The van der Waals surface area contributed by atoms with E-state index in [-0.39, 0.29) is 5.91 Å². The number of fused-ring (bicyclic) bond motifs is 2. The van der Waals surface area contributed by atoms with E-state index in [9.17, 15) is 4.79 Å². The van der Waals surface area contributed by atoms with Gasteiger partial charge in [-0.05, 0) is 33.8 Å². The number of aromatic nitrogens is 1. The molecule has 0 radical (unpaired) electrons. The van der Waals surface area contributed by atoms with Crippen LogP contribution < -0.4 is 10.6 Å². The van der Waals surface area contributed by atoms with Gasteiger partial charge in [-0.3, -0.25) is 4.79 Å². The quantitative estimate of drug-likeness (QED) is 0.885. The molecule has 1 atom stereocenters. The number of nitrogens with one attached hydrogen (secondary N) is 1. The summed E-state index contributed by atoms with van der Waals surface area (Å²) in [7, 11) is 0. The molecule has 0 saturated carbocycles. The molecule has 2 aromatic heterocycles. The van der Waals surface area contributed by atoms with Gasteiger partial charge in [0.2, 0.25) is 0 Å². The zero-order valence-corrected chi connectivity index (χ0v) is 15.8. The van der Waals surface area contributed by atoms with Crippen LogP contribution >= 0.6 is 11.3 Å². The van der Waals surface area contributed by atoms with Crippen molar-refractivity contribution in [1.29, 1.82) is 0 Å². The normalized spacial score (nSPS) is 17.3. The Kier molecular flexibility index (Phi) is 4.78. The Morgan fingerprint density at radius 2 is 2.12 bits per heavy atom. The fourth-order valence-electron chi connectivity index (χ4n) is 3.41. The number of pyridine rings is 1. The van der Waals surface area contributed by atoms with Crippen molar-refractivity contribution in [2.75, 3.05) is 25.4 Å². The molecule has 0 aromatic carbocycles. The van der Waals surface area contributed by atoms with Crippen LogP contribution in [0.25, 0.3) is 10.2 Å². The first-order chi connectivity index (χ1) is 11.5. The van der Waals surface area contributed by atoms with E-state index in [1.54, 1.807) is 4.90 Å². The van der Waals surface area contributed by atoms with E-state index < -0.39 is 0 Å². The molecule has 3 N–H and O–H groups in total. The van der Waals surface area contributed by atoms with Gasteiger partial charge in [0.05, 0.1) is 24.0 Å². The number of carbonyl (C=O) groups is 1. The molecular formula is C18H27N4OS+. The molecule has 2 aromatic rings. The van der Waals surface area contributed by atoms with Crippen LogP contribution in [0.2, 0.25) is 0 Å². The molecule has 3 heterocycles. The van der Waals surface area contributed by atoms with Crippen molar-refractivity contribution in [3.8, 4) is 0 Å². The number of rotatable bonds is 4. The molecule has 3 rings (SSSR count). The van der Waals surface area contributed by atoms with Gasteiger partial charge in [0, 0.05) is 30.5 Å². The van der Waals surface area contributed by atoms with Crippen LogP contribution in [0.1, 0.15) is 48.6 Å². The molecule has 24 heavy (non-hydrogen) atoms. The number of anilines is 1. The summed E-state index contributed by atoms with van der Waals surface area (Å²) in [5, 5.41) is 0.944. The molecule has 1 amide bonds. The predicted molar refractivity (Wildman–Crippen MR) is 99.7 cm³/mol. The monoisotopic (exact) mass is 347 g/mol. The zero-order valence-electron chi connectivity index (χ0n) is 15.0. The maximum atomic E-state index is 12.7. The van der Waals surface area contributed by atoms with Crippen molar-refractivity contribution in [3.63, 3.8) is 0 Å². The first-order valence-corrected chi connectivity index (χ1v) is 9.62. The fourth-order valence-corrected chi connectivity index (χ4v) is 4.47. The lowest BCUT2D eigenvalue weighted by molar-refractivity contribution is -0.936. The minimum atomic E-state index is 0.0212. The summed E-state index contributed by atoms with van der Waals surface area (Å²) in [5.41, 5.74) is 9.38. The molecule has 0 aliphatic carbocycles. The van der Waals surface area contributed by atoms with Crippen molar-refractivity contribution >= 4 is 33.1 Å². The van der Waals surface area contributed by atoms with Gasteiger partial charge in [0.15, 0.2) is 0 Å². The minimum Gasteiger partial charge on any atom is -0.397 e. The lowest BCUT2D eigenvalue weighted by atomic mass is 10.0. The number of hydrogen-bond acceptors (Lipinski definition) is 4. The summed E-state index contributed by atoms with van der Waals surface area (Å²) in [5.74, 6) is 0.0212. The summed E-state index contributed by atoms with van der Waals surface area (Å²) >= 11 is 1.44. The number of nitrogens with zero attached hydrogens (tertiary/aromatic N) is 2. The second kappa shape index (κ2) is 6.69. The number of amides is 1. The largest absolute Gasteiger partial charge is 0.397 e. The van der Waals surface area contributed by atoms with Gasteiger partial charge < -0.3 is 15.5 Å². The van der Waals surface area contributed by atoms with Crippen molar-refractivity contribution in [2.24, 2.45) is 0 Å². The molecule has 6 heteroatoms. The minimum absolute atomic E-state index is 0.0212. The molecule has 0 bridgehead atoms. The Labute approximate surface area is 147 Å². The van der Waals surface area contributed by atoms with Crippen LogP contribution in [0.4, 0.5) is 5.69 Å². The maximum absolute atomic E-state index is 12.7. The Morgan fingerprint density at radius 3 is 2.75 bits per heavy atom. The Morgan fingerprint density at radius 1 is 1.42 bits per heavy atom. The van der Waals surface area contributed by atoms with E-state index in [1.165, 1.54) is 22.6 Å². The molecule has 0 saturated heterocycles. The van der Waals surface area contributed by atoms with Crippen LogP contribution in [-0.4, -0.2) is 41.5 Å². The van der Waals surface area contributed by atoms with Crippen molar-refractivity contribution in [3.05, 3.63) is 22.2 Å². The highest BCUT2D eigenvalue weighted by Crippen LogP contribution is 2.35. The summed E-state index contributed by atoms with van der Waals surface area (Å²) in [6.07, 6.45) is 0.996. The SMILES string of the molecule is CCN(CC)C(=O)c1sc2nc3c(cc2c1N)C[NH+](C(C)C)CC3. The van der Waals surface area contributed by atoms with Crippen molar-refractivity contribution < 1.29 is 9.69 Å². The Bertz CT molecular complexity index is 764. The predicted octanol–water partition coefficient (Wildman–Crippen LogP) is 1.71. The maximum Gasteiger partial charge on any atom is 0.266 e. The number of quaternary nitrogens is 1.